The molecular formula is C24H25N5O4S. The summed E-state index contributed by atoms with van der Waals surface area (Å²) >= 11 is 0. The number of pyridine rings is 1. The molecule has 10 heteroatoms. The third-order valence-electron chi connectivity index (χ3n) is 5.51. The number of H-pyrrole nitrogens is 1. The van der Waals surface area contributed by atoms with E-state index in [9.17, 15) is 18.0 Å². The van der Waals surface area contributed by atoms with Gasteiger partial charge in [-0.2, -0.15) is 4.31 Å². The second kappa shape index (κ2) is 9.62. The SMILES string of the molecule is CCN(CC)S(=O)(=O)c1ccc2[nH]c(=O)cc(C(=O)Nc3cccc(Cn4ccnc4)c3)c2c1. The largest absolute Gasteiger partial charge is 0.333 e. The van der Waals surface area contributed by atoms with Crippen molar-refractivity contribution in [3.8, 4) is 0 Å². The van der Waals surface area contributed by atoms with Crippen LogP contribution in [0.1, 0.15) is 29.8 Å². The van der Waals surface area contributed by atoms with Crippen molar-refractivity contribution < 1.29 is 13.2 Å². The molecule has 4 rings (SSSR count). The molecular weight excluding hydrogens is 454 g/mol. The monoisotopic (exact) mass is 479 g/mol. The zero-order valence-corrected chi connectivity index (χ0v) is 19.7. The maximum absolute atomic E-state index is 13.2. The minimum absolute atomic E-state index is 0.0622. The van der Waals surface area contributed by atoms with Crippen molar-refractivity contribution >= 4 is 32.5 Å². The lowest BCUT2D eigenvalue weighted by atomic mass is 10.1. The molecule has 9 nitrogen and oxygen atoms in total. The molecule has 0 saturated carbocycles. The number of aromatic amines is 1. The van der Waals surface area contributed by atoms with Crippen LogP contribution in [0.15, 0.2) is 76.9 Å². The highest BCUT2D eigenvalue weighted by Crippen LogP contribution is 2.24. The van der Waals surface area contributed by atoms with E-state index in [-0.39, 0.29) is 10.5 Å². The fourth-order valence-electron chi connectivity index (χ4n) is 3.83. The van der Waals surface area contributed by atoms with Crippen molar-refractivity contribution in [1.29, 1.82) is 0 Å². The number of nitrogens with one attached hydrogen (secondary N) is 2. The maximum Gasteiger partial charge on any atom is 0.256 e. The van der Waals surface area contributed by atoms with Gasteiger partial charge in [-0.1, -0.05) is 26.0 Å². The predicted molar refractivity (Wildman–Crippen MR) is 130 cm³/mol. The van der Waals surface area contributed by atoms with Crippen LogP contribution in [0, 0.1) is 0 Å². The number of rotatable bonds is 8. The number of benzene rings is 2. The summed E-state index contributed by atoms with van der Waals surface area (Å²) in [6.07, 6.45) is 5.24. The van der Waals surface area contributed by atoms with Gasteiger partial charge in [0.1, 0.15) is 0 Å². The van der Waals surface area contributed by atoms with Crippen molar-refractivity contribution in [2.45, 2.75) is 25.3 Å². The predicted octanol–water partition coefficient (Wildman–Crippen LogP) is 3.06. The van der Waals surface area contributed by atoms with Crippen LogP contribution < -0.4 is 10.9 Å². The molecule has 2 aromatic heterocycles. The molecule has 0 spiro atoms. The van der Waals surface area contributed by atoms with Crippen molar-refractivity contribution in [2.75, 3.05) is 18.4 Å². The first kappa shape index (κ1) is 23.4. The summed E-state index contributed by atoms with van der Waals surface area (Å²) in [5.74, 6) is -0.506. The van der Waals surface area contributed by atoms with E-state index in [1.807, 2.05) is 29.0 Å². The highest BCUT2D eigenvalue weighted by atomic mass is 32.2. The van der Waals surface area contributed by atoms with Gasteiger partial charge >= 0.3 is 0 Å². The molecule has 0 saturated heterocycles. The zero-order valence-electron chi connectivity index (χ0n) is 18.9. The van der Waals surface area contributed by atoms with E-state index in [4.69, 9.17) is 0 Å². The summed E-state index contributed by atoms with van der Waals surface area (Å²) in [5, 5.41) is 3.17. The van der Waals surface area contributed by atoms with Gasteiger partial charge in [-0.05, 0) is 35.9 Å². The molecule has 4 aromatic rings. The van der Waals surface area contributed by atoms with Gasteiger partial charge in [0.15, 0.2) is 0 Å². The Morgan fingerprint density at radius 3 is 2.62 bits per heavy atom. The molecule has 0 bridgehead atoms. The number of imidazole rings is 1. The number of fused-ring (bicyclic) bond motifs is 1. The highest BCUT2D eigenvalue weighted by molar-refractivity contribution is 7.89. The van der Waals surface area contributed by atoms with E-state index in [0.29, 0.717) is 36.2 Å². The summed E-state index contributed by atoms with van der Waals surface area (Å²) in [6.45, 7) is 4.76. The normalized spacial score (nSPS) is 11.7. The van der Waals surface area contributed by atoms with Gasteiger partial charge in [0.05, 0.1) is 16.8 Å². The van der Waals surface area contributed by atoms with Crippen molar-refractivity contribution in [1.82, 2.24) is 18.8 Å². The standard InChI is InChI=1S/C24H25N5O4S/c1-3-29(4-2)34(32,33)19-8-9-22-20(13-19)21(14-23(30)27-22)24(31)26-18-7-5-6-17(12-18)15-28-11-10-25-16-28/h5-14,16H,3-4,15H2,1-2H3,(H,26,31)(H,27,30). The first-order chi connectivity index (χ1) is 16.3. The molecule has 1 amide bonds. The highest BCUT2D eigenvalue weighted by Gasteiger charge is 2.23. The lowest BCUT2D eigenvalue weighted by molar-refractivity contribution is 0.102. The number of hydrogen-bond donors (Lipinski definition) is 2. The number of nitrogens with zero attached hydrogens (tertiary/aromatic N) is 3. The van der Waals surface area contributed by atoms with Crippen LogP contribution in [0.5, 0.6) is 0 Å². The molecule has 0 aliphatic rings. The van der Waals surface area contributed by atoms with Gasteiger partial charge in [0.25, 0.3) is 5.91 Å². The summed E-state index contributed by atoms with van der Waals surface area (Å²) in [7, 11) is -3.73. The Morgan fingerprint density at radius 1 is 1.12 bits per heavy atom. The Bertz CT molecular complexity index is 1490. The summed E-state index contributed by atoms with van der Waals surface area (Å²) < 4.78 is 29.2. The Labute approximate surface area is 197 Å². The van der Waals surface area contributed by atoms with Crippen LogP contribution in [0.4, 0.5) is 5.69 Å². The maximum atomic E-state index is 13.2. The zero-order chi connectivity index (χ0) is 24.3. The van der Waals surface area contributed by atoms with Crippen LogP contribution in [-0.4, -0.2) is 46.3 Å². The molecule has 0 radical (unpaired) electrons. The number of aromatic nitrogens is 3. The fraction of sp³-hybridized carbons (Fsp3) is 0.208. The average Bonchev–Trinajstić information content (AvgIpc) is 3.32. The van der Waals surface area contributed by atoms with Crippen molar-refractivity contribution in [3.63, 3.8) is 0 Å². The van der Waals surface area contributed by atoms with E-state index in [0.717, 1.165) is 5.56 Å². The van der Waals surface area contributed by atoms with E-state index in [2.05, 4.69) is 15.3 Å². The van der Waals surface area contributed by atoms with Crippen LogP contribution >= 0.6 is 0 Å². The van der Waals surface area contributed by atoms with E-state index >= 15 is 0 Å². The van der Waals surface area contributed by atoms with Gasteiger partial charge in [-0.25, -0.2) is 13.4 Å². The number of carbonyl (C=O) groups is 1. The molecule has 2 heterocycles. The number of anilines is 1. The Kier molecular flexibility index (Phi) is 6.62. The van der Waals surface area contributed by atoms with Gasteiger partial charge in [0, 0.05) is 54.7 Å². The Hall–Kier alpha value is -3.76. The summed E-state index contributed by atoms with van der Waals surface area (Å²) in [5.41, 5.74) is 1.54. The van der Waals surface area contributed by atoms with Gasteiger partial charge < -0.3 is 14.9 Å². The number of amides is 1. The van der Waals surface area contributed by atoms with E-state index in [1.165, 1.54) is 28.6 Å². The fourth-order valence-corrected chi connectivity index (χ4v) is 5.32. The van der Waals surface area contributed by atoms with Gasteiger partial charge in [-0.3, -0.25) is 9.59 Å². The number of sulfonamides is 1. The second-order valence-corrected chi connectivity index (χ2v) is 9.67. The topological polar surface area (TPSA) is 117 Å². The summed E-state index contributed by atoms with van der Waals surface area (Å²) in [6, 6.07) is 12.9. The average molecular weight is 480 g/mol. The molecule has 0 unspecified atom stereocenters. The van der Waals surface area contributed by atoms with Crippen molar-refractivity contribution in [3.05, 3.63) is 88.7 Å². The Morgan fingerprint density at radius 2 is 1.91 bits per heavy atom. The third-order valence-corrected chi connectivity index (χ3v) is 7.56. The molecule has 2 N–H and O–H groups in total. The van der Waals surface area contributed by atoms with Gasteiger partial charge in [0.2, 0.25) is 15.6 Å². The first-order valence-electron chi connectivity index (χ1n) is 10.8. The lowest BCUT2D eigenvalue weighted by Crippen LogP contribution is -2.30. The third kappa shape index (κ3) is 4.78. The first-order valence-corrected chi connectivity index (χ1v) is 12.3. The minimum Gasteiger partial charge on any atom is -0.333 e. The molecule has 176 valence electrons. The van der Waals surface area contributed by atoms with Crippen LogP contribution in [0.3, 0.4) is 0 Å². The quantitative estimate of drug-likeness (QED) is 0.403. The summed E-state index contributed by atoms with van der Waals surface area (Å²) in [4.78, 5) is 32.1. The van der Waals surface area contributed by atoms with Crippen LogP contribution in [0.2, 0.25) is 0 Å². The molecule has 2 aromatic carbocycles. The number of carbonyl (C=O) groups excluding carboxylic acids is 1. The molecule has 0 atom stereocenters. The second-order valence-electron chi connectivity index (χ2n) is 7.73. The molecule has 0 fully saturated rings. The number of hydrogen-bond acceptors (Lipinski definition) is 5. The molecule has 0 aliphatic carbocycles. The van der Waals surface area contributed by atoms with Gasteiger partial charge in [-0.15, -0.1) is 0 Å². The van der Waals surface area contributed by atoms with E-state index in [1.54, 1.807) is 32.4 Å². The Balaban J connectivity index is 1.69. The molecule has 0 aliphatic heterocycles. The van der Waals surface area contributed by atoms with E-state index < -0.39 is 21.5 Å². The van der Waals surface area contributed by atoms with Crippen molar-refractivity contribution in [2.24, 2.45) is 0 Å². The van der Waals surface area contributed by atoms with Crippen LogP contribution in [0.25, 0.3) is 10.9 Å². The molecule has 34 heavy (non-hydrogen) atoms. The lowest BCUT2D eigenvalue weighted by Gasteiger charge is -2.19. The van der Waals surface area contributed by atoms with Crippen LogP contribution in [-0.2, 0) is 16.6 Å². The minimum atomic E-state index is -3.73. The smallest absolute Gasteiger partial charge is 0.256 e.